The molecule has 0 amide bonds. The van der Waals surface area contributed by atoms with Crippen molar-refractivity contribution >= 4 is 5.97 Å². The Balaban J connectivity index is 3.56. The first-order valence-electron chi connectivity index (χ1n) is 10.6. The normalized spacial score (nSPS) is 13.2. The third-order valence-electron chi connectivity index (χ3n) is 4.98. The van der Waals surface area contributed by atoms with Crippen LogP contribution in [0.15, 0.2) is 0 Å². The highest BCUT2D eigenvalue weighted by molar-refractivity contribution is 5.69. The van der Waals surface area contributed by atoms with Gasteiger partial charge in [-0.3, -0.25) is 4.79 Å². The van der Waals surface area contributed by atoms with Crippen LogP contribution >= 0.6 is 0 Å². The molecule has 1 N–H and O–H groups in total. The van der Waals surface area contributed by atoms with Crippen LogP contribution in [0.2, 0.25) is 0 Å². The number of carbonyl (C=O) groups is 1. The fourth-order valence-corrected chi connectivity index (χ4v) is 3.32. The number of carboxylic acid groups (broad SMARTS) is 1. The van der Waals surface area contributed by atoms with E-state index in [1.54, 1.807) is 0 Å². The second kappa shape index (κ2) is 14.8. The highest BCUT2D eigenvalue weighted by Crippen LogP contribution is 2.24. The summed E-state index contributed by atoms with van der Waals surface area (Å²) in [5.74, 6) is -0.694. The van der Waals surface area contributed by atoms with E-state index in [-0.39, 0.29) is 5.92 Å². The van der Waals surface area contributed by atoms with Crippen LogP contribution in [-0.2, 0) is 4.79 Å². The van der Waals surface area contributed by atoms with E-state index >= 15 is 0 Å². The summed E-state index contributed by atoms with van der Waals surface area (Å²) in [4.78, 5) is 11.4. The van der Waals surface area contributed by atoms with Crippen LogP contribution in [0.25, 0.3) is 0 Å². The Kier molecular flexibility index (Phi) is 14.5. The molecule has 1 atom stereocenters. The number of rotatable bonds is 16. The van der Waals surface area contributed by atoms with Crippen LogP contribution in [0.3, 0.4) is 0 Å². The Morgan fingerprint density at radius 1 is 0.750 bits per heavy atom. The van der Waals surface area contributed by atoms with Crippen LogP contribution < -0.4 is 0 Å². The highest BCUT2D eigenvalue weighted by Gasteiger charge is 2.17. The Morgan fingerprint density at radius 3 is 1.58 bits per heavy atom. The summed E-state index contributed by atoms with van der Waals surface area (Å²) in [5, 5.41) is 9.38. The van der Waals surface area contributed by atoms with E-state index in [1.807, 2.05) is 0 Å². The Labute approximate surface area is 151 Å². The molecule has 0 aromatic heterocycles. The van der Waals surface area contributed by atoms with Crippen LogP contribution in [0.4, 0.5) is 0 Å². The number of hydrogen-bond acceptors (Lipinski definition) is 1. The van der Waals surface area contributed by atoms with Crippen molar-refractivity contribution in [2.24, 2.45) is 11.3 Å². The van der Waals surface area contributed by atoms with E-state index in [0.717, 1.165) is 32.1 Å². The summed E-state index contributed by atoms with van der Waals surface area (Å²) in [6, 6.07) is 0. The molecule has 0 saturated heterocycles. The summed E-state index contributed by atoms with van der Waals surface area (Å²) in [7, 11) is 0. The van der Waals surface area contributed by atoms with Crippen molar-refractivity contribution in [2.75, 3.05) is 0 Å². The molecule has 2 heteroatoms. The summed E-state index contributed by atoms with van der Waals surface area (Å²) in [5.41, 5.74) is 0.370. The smallest absolute Gasteiger partial charge is 0.306 e. The molecule has 0 aliphatic rings. The topological polar surface area (TPSA) is 37.3 Å². The minimum atomic E-state index is -0.582. The SMILES string of the molecule is CCCCCCCCCCCCC(CCCCC(C)(C)C)C(=O)O. The summed E-state index contributed by atoms with van der Waals surface area (Å²) < 4.78 is 0. The molecule has 0 rings (SSSR count). The van der Waals surface area contributed by atoms with E-state index in [1.165, 1.54) is 64.2 Å². The summed E-state index contributed by atoms with van der Waals surface area (Å²) in [6.07, 6.45) is 18.3. The molecule has 0 radical (unpaired) electrons. The van der Waals surface area contributed by atoms with Crippen LogP contribution in [0, 0.1) is 11.3 Å². The summed E-state index contributed by atoms with van der Waals surface area (Å²) in [6.45, 7) is 9.03. The maximum Gasteiger partial charge on any atom is 0.306 e. The third kappa shape index (κ3) is 16.3. The molecule has 0 bridgehead atoms. The van der Waals surface area contributed by atoms with Gasteiger partial charge in [-0.15, -0.1) is 0 Å². The van der Waals surface area contributed by atoms with Gasteiger partial charge < -0.3 is 5.11 Å². The van der Waals surface area contributed by atoms with Crippen molar-refractivity contribution in [3.8, 4) is 0 Å². The van der Waals surface area contributed by atoms with Gasteiger partial charge in [-0.1, -0.05) is 105 Å². The van der Waals surface area contributed by atoms with Gasteiger partial charge in [0.1, 0.15) is 0 Å². The van der Waals surface area contributed by atoms with Gasteiger partial charge in [0.2, 0.25) is 0 Å². The lowest BCUT2D eigenvalue weighted by atomic mass is 9.87. The van der Waals surface area contributed by atoms with Crippen LogP contribution in [-0.4, -0.2) is 11.1 Å². The highest BCUT2D eigenvalue weighted by atomic mass is 16.4. The molecule has 0 heterocycles. The van der Waals surface area contributed by atoms with Crippen molar-refractivity contribution in [3.05, 3.63) is 0 Å². The first-order valence-corrected chi connectivity index (χ1v) is 10.6. The molecule has 24 heavy (non-hydrogen) atoms. The van der Waals surface area contributed by atoms with Crippen molar-refractivity contribution in [1.29, 1.82) is 0 Å². The Hall–Kier alpha value is -0.530. The molecule has 2 nitrogen and oxygen atoms in total. The van der Waals surface area contributed by atoms with Gasteiger partial charge in [0.15, 0.2) is 0 Å². The predicted molar refractivity (Wildman–Crippen MR) is 106 cm³/mol. The van der Waals surface area contributed by atoms with Gasteiger partial charge in [-0.25, -0.2) is 0 Å². The van der Waals surface area contributed by atoms with Gasteiger partial charge in [0, 0.05) is 0 Å². The van der Waals surface area contributed by atoms with E-state index in [4.69, 9.17) is 0 Å². The molecule has 0 aromatic carbocycles. The lowest BCUT2D eigenvalue weighted by Gasteiger charge is -2.18. The largest absolute Gasteiger partial charge is 0.481 e. The fraction of sp³-hybridized carbons (Fsp3) is 0.955. The minimum Gasteiger partial charge on any atom is -0.481 e. The summed E-state index contributed by atoms with van der Waals surface area (Å²) >= 11 is 0. The van der Waals surface area contributed by atoms with Crippen molar-refractivity contribution in [2.45, 2.75) is 124 Å². The minimum absolute atomic E-state index is 0.112. The van der Waals surface area contributed by atoms with Gasteiger partial charge >= 0.3 is 5.97 Å². The monoisotopic (exact) mass is 340 g/mol. The quantitative estimate of drug-likeness (QED) is 0.294. The zero-order chi connectivity index (χ0) is 18.3. The third-order valence-corrected chi connectivity index (χ3v) is 4.98. The number of unbranched alkanes of at least 4 members (excludes halogenated alkanes) is 10. The van der Waals surface area contributed by atoms with E-state index in [2.05, 4.69) is 27.7 Å². The molecular weight excluding hydrogens is 296 g/mol. The molecule has 0 aliphatic heterocycles. The first-order chi connectivity index (χ1) is 11.4. The number of carboxylic acids is 1. The molecule has 0 saturated carbocycles. The molecule has 144 valence electrons. The van der Waals surface area contributed by atoms with Crippen molar-refractivity contribution < 1.29 is 9.90 Å². The molecular formula is C22H44O2. The van der Waals surface area contributed by atoms with Crippen molar-refractivity contribution in [1.82, 2.24) is 0 Å². The average molecular weight is 341 g/mol. The Bertz CT molecular complexity index is 291. The zero-order valence-electron chi connectivity index (χ0n) is 17.0. The predicted octanol–water partition coefficient (Wildman–Crippen LogP) is 7.60. The standard InChI is InChI=1S/C22H44O2/c1-5-6-7-8-9-10-11-12-13-14-17-20(21(23)24)18-15-16-19-22(2,3)4/h20H,5-19H2,1-4H3,(H,23,24). The lowest BCUT2D eigenvalue weighted by Crippen LogP contribution is -2.14. The van der Waals surface area contributed by atoms with E-state index in [9.17, 15) is 9.90 Å². The van der Waals surface area contributed by atoms with E-state index < -0.39 is 5.97 Å². The maximum absolute atomic E-state index is 11.4. The number of aliphatic carboxylic acids is 1. The number of hydrogen-bond donors (Lipinski definition) is 1. The second-order valence-electron chi connectivity index (χ2n) is 8.81. The lowest BCUT2D eigenvalue weighted by molar-refractivity contribution is -0.142. The molecule has 0 fully saturated rings. The fourth-order valence-electron chi connectivity index (χ4n) is 3.32. The molecule has 1 unspecified atom stereocenters. The average Bonchev–Trinajstić information content (AvgIpc) is 2.49. The van der Waals surface area contributed by atoms with E-state index in [0.29, 0.717) is 5.41 Å². The van der Waals surface area contributed by atoms with Gasteiger partial charge in [0.25, 0.3) is 0 Å². The maximum atomic E-state index is 11.4. The van der Waals surface area contributed by atoms with Crippen LogP contribution in [0.1, 0.15) is 124 Å². The molecule has 0 aliphatic carbocycles. The Morgan fingerprint density at radius 2 is 1.17 bits per heavy atom. The van der Waals surface area contributed by atoms with Gasteiger partial charge in [0.05, 0.1) is 5.92 Å². The van der Waals surface area contributed by atoms with Gasteiger partial charge in [-0.2, -0.15) is 0 Å². The zero-order valence-corrected chi connectivity index (χ0v) is 17.0. The molecule has 0 spiro atoms. The first kappa shape index (κ1) is 23.5. The van der Waals surface area contributed by atoms with Gasteiger partial charge in [-0.05, 0) is 24.7 Å². The molecule has 0 aromatic rings. The van der Waals surface area contributed by atoms with Crippen molar-refractivity contribution in [3.63, 3.8) is 0 Å². The second-order valence-corrected chi connectivity index (χ2v) is 8.81. The van der Waals surface area contributed by atoms with Crippen LogP contribution in [0.5, 0.6) is 0 Å².